The molecule has 1 saturated heterocycles. The topological polar surface area (TPSA) is 69.6 Å². The van der Waals surface area contributed by atoms with Gasteiger partial charge in [-0.3, -0.25) is 0 Å². The minimum atomic E-state index is -0.937. The highest BCUT2D eigenvalue weighted by Gasteiger charge is 2.32. The van der Waals surface area contributed by atoms with Gasteiger partial charge in [0.1, 0.15) is 6.04 Å². The maximum atomic E-state index is 12.3. The van der Waals surface area contributed by atoms with E-state index in [4.69, 9.17) is 0 Å². The number of benzene rings is 1. The Morgan fingerprint density at radius 3 is 2.81 bits per heavy atom. The number of rotatable bonds is 4. The van der Waals surface area contributed by atoms with E-state index in [2.05, 4.69) is 5.32 Å². The molecule has 2 atom stereocenters. The van der Waals surface area contributed by atoms with Crippen molar-refractivity contribution >= 4 is 23.8 Å². The van der Waals surface area contributed by atoms with E-state index < -0.39 is 12.0 Å². The smallest absolute Gasteiger partial charge is 0.327 e. The molecule has 5 nitrogen and oxygen atoms in total. The number of carbonyl (C=O) groups excluding carboxylic acids is 1. The number of nitrogens with zero attached hydrogens (tertiary/aromatic N) is 1. The van der Waals surface area contributed by atoms with Gasteiger partial charge in [0.25, 0.3) is 0 Å². The molecule has 2 N–H and O–H groups in total. The van der Waals surface area contributed by atoms with Gasteiger partial charge in [-0.15, -0.1) is 0 Å². The Hall–Kier alpha value is -1.69. The summed E-state index contributed by atoms with van der Waals surface area (Å²) in [6.07, 6.45) is 0.729. The highest BCUT2D eigenvalue weighted by Crippen LogP contribution is 2.17. The van der Waals surface area contributed by atoms with Gasteiger partial charge in [0.05, 0.1) is 0 Å². The van der Waals surface area contributed by atoms with Crippen molar-refractivity contribution < 1.29 is 14.7 Å². The molecule has 21 heavy (non-hydrogen) atoms. The van der Waals surface area contributed by atoms with Gasteiger partial charge in [-0.1, -0.05) is 30.3 Å². The predicted molar refractivity (Wildman–Crippen MR) is 83.6 cm³/mol. The van der Waals surface area contributed by atoms with Gasteiger partial charge in [0.2, 0.25) is 0 Å². The third-order valence-electron chi connectivity index (χ3n) is 3.43. The largest absolute Gasteiger partial charge is 0.480 e. The van der Waals surface area contributed by atoms with Crippen molar-refractivity contribution in [1.29, 1.82) is 0 Å². The highest BCUT2D eigenvalue weighted by atomic mass is 32.2. The van der Waals surface area contributed by atoms with Crippen molar-refractivity contribution in [2.45, 2.75) is 25.4 Å². The average Bonchev–Trinajstić information content (AvgIpc) is 2.48. The summed E-state index contributed by atoms with van der Waals surface area (Å²) >= 11 is 1.57. The normalized spacial score (nSPS) is 19.9. The first-order chi connectivity index (χ1) is 10.1. The Kier molecular flexibility index (Phi) is 5.50. The molecule has 0 saturated carbocycles. The first kappa shape index (κ1) is 15.7. The molecule has 1 heterocycles. The van der Waals surface area contributed by atoms with Crippen LogP contribution in [0.25, 0.3) is 0 Å². The molecular formula is C15H20N2O3S. The van der Waals surface area contributed by atoms with Crippen LogP contribution in [0.1, 0.15) is 12.5 Å². The molecule has 1 aliphatic heterocycles. The fourth-order valence-electron chi connectivity index (χ4n) is 2.36. The van der Waals surface area contributed by atoms with E-state index in [1.54, 1.807) is 11.8 Å². The number of thioether (sulfide) groups is 1. The number of aliphatic carboxylic acids is 1. The number of carbonyl (C=O) groups is 2. The fraction of sp³-hybridized carbons (Fsp3) is 0.467. The Morgan fingerprint density at radius 2 is 2.14 bits per heavy atom. The van der Waals surface area contributed by atoms with Crippen LogP contribution in [-0.2, 0) is 11.2 Å². The second kappa shape index (κ2) is 7.36. The molecule has 2 amide bonds. The summed E-state index contributed by atoms with van der Waals surface area (Å²) < 4.78 is 0. The minimum Gasteiger partial charge on any atom is -0.480 e. The summed E-state index contributed by atoms with van der Waals surface area (Å²) in [6.45, 7) is 2.41. The zero-order chi connectivity index (χ0) is 15.2. The summed E-state index contributed by atoms with van der Waals surface area (Å²) in [5, 5.41) is 12.1. The number of amides is 2. The van der Waals surface area contributed by atoms with Crippen LogP contribution in [0.15, 0.2) is 30.3 Å². The fourth-order valence-corrected chi connectivity index (χ4v) is 3.40. The lowest BCUT2D eigenvalue weighted by Crippen LogP contribution is -2.55. The molecule has 1 aliphatic rings. The van der Waals surface area contributed by atoms with E-state index in [0.29, 0.717) is 12.3 Å². The lowest BCUT2D eigenvalue weighted by molar-refractivity contribution is -0.141. The van der Waals surface area contributed by atoms with Gasteiger partial charge in [-0.25, -0.2) is 9.59 Å². The van der Waals surface area contributed by atoms with Crippen molar-refractivity contribution in [1.82, 2.24) is 10.2 Å². The van der Waals surface area contributed by atoms with Crippen LogP contribution in [0.4, 0.5) is 4.79 Å². The molecule has 1 aromatic rings. The standard InChI is InChI=1S/C15H20N2O3S/c1-11(9-12-5-3-2-4-6-12)16-15(20)17-7-8-21-10-13(17)14(18)19/h2-6,11,13H,7-10H2,1H3,(H,16,20)(H,18,19). The van der Waals surface area contributed by atoms with Crippen LogP contribution in [0, 0.1) is 0 Å². The summed E-state index contributed by atoms with van der Waals surface area (Å²) in [6, 6.07) is 8.86. The van der Waals surface area contributed by atoms with Crippen LogP contribution >= 0.6 is 11.8 Å². The molecular weight excluding hydrogens is 288 g/mol. The maximum absolute atomic E-state index is 12.3. The third kappa shape index (κ3) is 4.39. The number of carboxylic acids is 1. The molecule has 0 aliphatic carbocycles. The zero-order valence-electron chi connectivity index (χ0n) is 12.0. The molecule has 114 valence electrons. The Balaban J connectivity index is 1.91. The summed E-state index contributed by atoms with van der Waals surface area (Å²) in [4.78, 5) is 24.9. The molecule has 6 heteroatoms. The summed E-state index contributed by atoms with van der Waals surface area (Å²) in [7, 11) is 0. The molecule has 0 radical (unpaired) electrons. The Morgan fingerprint density at radius 1 is 1.43 bits per heavy atom. The Bertz CT molecular complexity index is 495. The maximum Gasteiger partial charge on any atom is 0.327 e. The molecule has 2 unspecified atom stereocenters. The Labute approximate surface area is 128 Å². The first-order valence-electron chi connectivity index (χ1n) is 6.99. The SMILES string of the molecule is CC(Cc1ccccc1)NC(=O)N1CCSCC1C(=O)O. The van der Waals surface area contributed by atoms with Crippen LogP contribution in [0.2, 0.25) is 0 Å². The minimum absolute atomic E-state index is 0.0380. The predicted octanol–water partition coefficient (Wildman–Crippen LogP) is 1.83. The van der Waals surface area contributed by atoms with Gasteiger partial charge in [-0.2, -0.15) is 11.8 Å². The van der Waals surface area contributed by atoms with Crippen molar-refractivity contribution in [2.24, 2.45) is 0 Å². The number of carboxylic acid groups (broad SMARTS) is 1. The molecule has 0 bridgehead atoms. The number of nitrogens with one attached hydrogen (secondary N) is 1. The van der Waals surface area contributed by atoms with E-state index in [0.717, 1.165) is 17.7 Å². The van der Waals surface area contributed by atoms with Crippen molar-refractivity contribution in [3.05, 3.63) is 35.9 Å². The van der Waals surface area contributed by atoms with Gasteiger partial charge >= 0.3 is 12.0 Å². The summed E-state index contributed by atoms with van der Waals surface area (Å²) in [5.41, 5.74) is 1.15. The lowest BCUT2D eigenvalue weighted by atomic mass is 10.1. The van der Waals surface area contributed by atoms with E-state index in [-0.39, 0.29) is 12.1 Å². The third-order valence-corrected chi connectivity index (χ3v) is 4.45. The van der Waals surface area contributed by atoms with Crippen LogP contribution < -0.4 is 5.32 Å². The van der Waals surface area contributed by atoms with Crippen LogP contribution in [0.3, 0.4) is 0 Å². The van der Waals surface area contributed by atoms with E-state index in [1.807, 2.05) is 37.3 Å². The second-order valence-electron chi connectivity index (χ2n) is 5.16. The second-order valence-corrected chi connectivity index (χ2v) is 6.31. The van der Waals surface area contributed by atoms with Crippen LogP contribution in [-0.4, -0.2) is 52.1 Å². The molecule has 0 spiro atoms. The zero-order valence-corrected chi connectivity index (χ0v) is 12.8. The van der Waals surface area contributed by atoms with Gasteiger partial charge in [-0.05, 0) is 18.9 Å². The highest BCUT2D eigenvalue weighted by molar-refractivity contribution is 7.99. The number of urea groups is 1. The van der Waals surface area contributed by atoms with Crippen molar-refractivity contribution in [3.63, 3.8) is 0 Å². The monoisotopic (exact) mass is 308 g/mol. The lowest BCUT2D eigenvalue weighted by Gasteiger charge is -2.33. The van der Waals surface area contributed by atoms with Crippen molar-refractivity contribution in [2.75, 3.05) is 18.1 Å². The molecule has 0 aromatic heterocycles. The van der Waals surface area contributed by atoms with Gasteiger partial charge < -0.3 is 15.3 Å². The first-order valence-corrected chi connectivity index (χ1v) is 8.15. The van der Waals surface area contributed by atoms with E-state index >= 15 is 0 Å². The van der Waals surface area contributed by atoms with Crippen molar-refractivity contribution in [3.8, 4) is 0 Å². The van der Waals surface area contributed by atoms with Crippen LogP contribution in [0.5, 0.6) is 0 Å². The van der Waals surface area contributed by atoms with Gasteiger partial charge in [0.15, 0.2) is 0 Å². The average molecular weight is 308 g/mol. The molecule has 1 aromatic carbocycles. The summed E-state index contributed by atoms with van der Waals surface area (Å²) in [5.74, 6) is 0.299. The van der Waals surface area contributed by atoms with Gasteiger partial charge in [0, 0.05) is 24.1 Å². The number of hydrogen-bond acceptors (Lipinski definition) is 3. The molecule has 1 fully saturated rings. The quantitative estimate of drug-likeness (QED) is 0.890. The van der Waals surface area contributed by atoms with E-state index in [9.17, 15) is 14.7 Å². The van der Waals surface area contributed by atoms with E-state index in [1.165, 1.54) is 4.90 Å². The number of hydrogen-bond donors (Lipinski definition) is 2. The molecule has 2 rings (SSSR count).